The molecule has 2 bridgehead atoms. The Morgan fingerprint density at radius 2 is 2.00 bits per heavy atom. The average Bonchev–Trinajstić information content (AvgIpc) is 2.82. The van der Waals surface area contributed by atoms with Crippen molar-refractivity contribution >= 4 is 29.2 Å². The molecule has 2 aliphatic rings. The van der Waals surface area contributed by atoms with Crippen molar-refractivity contribution in [2.45, 2.75) is 18.6 Å². The molecule has 2 N–H and O–H groups in total. The number of rotatable bonds is 2. The number of fused-ring (bicyclic) bond motifs is 2. The third-order valence-electron chi connectivity index (χ3n) is 4.12. The number of morpholine rings is 1. The maximum absolute atomic E-state index is 12.3. The highest BCUT2D eigenvalue weighted by molar-refractivity contribution is 6.30. The van der Waals surface area contributed by atoms with E-state index in [1.807, 2.05) is 0 Å². The molecule has 118 valence electrons. The van der Waals surface area contributed by atoms with Crippen LogP contribution in [0.1, 0.15) is 6.42 Å². The van der Waals surface area contributed by atoms with Gasteiger partial charge in [-0.3, -0.25) is 4.79 Å². The minimum Gasteiger partial charge on any atom is -0.370 e. The number of ether oxygens (including phenoxy) is 1. The molecular formula is C15H18ClN3O3. The minimum atomic E-state index is -0.227. The molecule has 2 fully saturated rings. The summed E-state index contributed by atoms with van der Waals surface area (Å²) in [6.07, 6.45) is 0.362. The minimum absolute atomic E-state index is 0.0209. The molecule has 0 saturated carbocycles. The number of hydrogen-bond acceptors (Lipinski definition) is 3. The highest BCUT2D eigenvalue weighted by atomic mass is 35.5. The molecule has 0 spiro atoms. The molecule has 1 aromatic rings. The predicted molar refractivity (Wildman–Crippen MR) is 82.9 cm³/mol. The second kappa shape index (κ2) is 6.14. The van der Waals surface area contributed by atoms with Crippen molar-refractivity contribution in [3.05, 3.63) is 29.3 Å². The van der Waals surface area contributed by atoms with E-state index in [0.29, 0.717) is 30.2 Å². The van der Waals surface area contributed by atoms with Gasteiger partial charge in [-0.15, -0.1) is 0 Å². The first-order valence-corrected chi connectivity index (χ1v) is 7.63. The Labute approximate surface area is 133 Å². The fraction of sp³-hybridized carbons (Fsp3) is 0.467. The van der Waals surface area contributed by atoms with Crippen molar-refractivity contribution in [3.8, 4) is 0 Å². The second-order valence-corrected chi connectivity index (χ2v) is 6.03. The average molecular weight is 324 g/mol. The van der Waals surface area contributed by atoms with Gasteiger partial charge in [0.05, 0.1) is 18.1 Å². The van der Waals surface area contributed by atoms with Crippen LogP contribution in [0.2, 0.25) is 5.02 Å². The molecule has 0 aliphatic carbocycles. The van der Waals surface area contributed by atoms with Crippen LogP contribution in [0.25, 0.3) is 0 Å². The van der Waals surface area contributed by atoms with E-state index in [2.05, 4.69) is 10.6 Å². The first-order chi connectivity index (χ1) is 10.6. The Morgan fingerprint density at radius 1 is 1.27 bits per heavy atom. The quantitative estimate of drug-likeness (QED) is 0.870. The number of anilines is 1. The monoisotopic (exact) mass is 323 g/mol. The molecular weight excluding hydrogens is 306 g/mol. The summed E-state index contributed by atoms with van der Waals surface area (Å²) in [4.78, 5) is 25.9. The second-order valence-electron chi connectivity index (χ2n) is 5.60. The molecule has 3 rings (SSSR count). The highest BCUT2D eigenvalue weighted by Gasteiger charge is 2.45. The fourth-order valence-electron chi connectivity index (χ4n) is 3.02. The molecule has 0 unspecified atom stereocenters. The maximum atomic E-state index is 12.3. The number of carbonyl (C=O) groups is 2. The largest absolute Gasteiger partial charge is 0.370 e. The molecule has 0 aromatic heterocycles. The summed E-state index contributed by atoms with van der Waals surface area (Å²) in [5.74, 6) is -0.198. The number of hydrogen-bond donors (Lipinski definition) is 2. The zero-order chi connectivity index (χ0) is 15.7. The van der Waals surface area contributed by atoms with E-state index < -0.39 is 0 Å². The molecule has 2 aliphatic heterocycles. The van der Waals surface area contributed by atoms with Crippen molar-refractivity contribution in [1.29, 1.82) is 0 Å². The fourth-order valence-corrected chi connectivity index (χ4v) is 3.15. The van der Waals surface area contributed by atoms with E-state index in [1.165, 1.54) is 0 Å². The Hall–Kier alpha value is -1.79. The first kappa shape index (κ1) is 15.1. The van der Waals surface area contributed by atoms with Crippen LogP contribution in [-0.2, 0) is 9.53 Å². The third kappa shape index (κ3) is 3.03. The van der Waals surface area contributed by atoms with E-state index in [1.54, 1.807) is 36.2 Å². The Balaban J connectivity index is 1.63. The van der Waals surface area contributed by atoms with Gasteiger partial charge in [0, 0.05) is 30.8 Å². The number of nitrogens with zero attached hydrogens (tertiary/aromatic N) is 1. The lowest BCUT2D eigenvalue weighted by Gasteiger charge is -2.32. The highest BCUT2D eigenvalue weighted by Crippen LogP contribution is 2.32. The lowest BCUT2D eigenvalue weighted by molar-refractivity contribution is -0.127. The zero-order valence-corrected chi connectivity index (χ0v) is 13.0. The van der Waals surface area contributed by atoms with Gasteiger partial charge in [0.25, 0.3) is 0 Å². The molecule has 1 aromatic carbocycles. The van der Waals surface area contributed by atoms with Crippen LogP contribution in [0.15, 0.2) is 24.3 Å². The van der Waals surface area contributed by atoms with E-state index in [-0.39, 0.29) is 30.1 Å². The number of amides is 3. The summed E-state index contributed by atoms with van der Waals surface area (Å²) in [6.45, 7) is 0.928. The summed E-state index contributed by atoms with van der Waals surface area (Å²) in [7, 11) is 1.62. The molecule has 2 heterocycles. The van der Waals surface area contributed by atoms with Gasteiger partial charge < -0.3 is 20.3 Å². The Bertz CT molecular complexity index is 578. The zero-order valence-electron chi connectivity index (χ0n) is 12.2. The third-order valence-corrected chi connectivity index (χ3v) is 4.38. The molecule has 22 heavy (non-hydrogen) atoms. The van der Waals surface area contributed by atoms with Gasteiger partial charge in [0.15, 0.2) is 0 Å². The SMILES string of the molecule is CNC(=O)[C@H]1C[C@@H]2CN(C(=O)Nc3ccc(Cl)cc3)C[C@H]1O2. The molecule has 7 heteroatoms. The van der Waals surface area contributed by atoms with Gasteiger partial charge in [0.2, 0.25) is 5.91 Å². The normalized spacial score (nSPS) is 26.6. The van der Waals surface area contributed by atoms with Crippen molar-refractivity contribution in [3.63, 3.8) is 0 Å². The smallest absolute Gasteiger partial charge is 0.322 e. The van der Waals surface area contributed by atoms with E-state index in [0.717, 1.165) is 0 Å². The molecule has 0 radical (unpaired) electrons. The predicted octanol–water partition coefficient (Wildman–Crippen LogP) is 1.71. The summed E-state index contributed by atoms with van der Waals surface area (Å²) < 4.78 is 5.78. The van der Waals surface area contributed by atoms with Gasteiger partial charge in [-0.2, -0.15) is 0 Å². The summed E-state index contributed by atoms with van der Waals surface area (Å²) >= 11 is 5.83. The molecule has 3 amide bonds. The van der Waals surface area contributed by atoms with Gasteiger partial charge >= 0.3 is 6.03 Å². The van der Waals surface area contributed by atoms with Crippen molar-refractivity contribution in [2.75, 3.05) is 25.5 Å². The summed E-state index contributed by atoms with van der Waals surface area (Å²) in [6, 6.07) is 6.77. The van der Waals surface area contributed by atoms with Crippen molar-refractivity contribution < 1.29 is 14.3 Å². The summed E-state index contributed by atoms with van der Waals surface area (Å²) in [5, 5.41) is 6.12. The number of benzene rings is 1. The van der Waals surface area contributed by atoms with Crippen LogP contribution < -0.4 is 10.6 Å². The standard InChI is InChI=1S/C15H18ClN3O3/c1-17-14(20)12-6-11-7-19(8-13(12)22-11)15(21)18-10-4-2-9(16)3-5-10/h2-5,11-13H,6-8H2,1H3,(H,17,20)(H,18,21)/t11-,12+,13-/m1/s1. The van der Waals surface area contributed by atoms with Crippen LogP contribution in [0.5, 0.6) is 0 Å². The van der Waals surface area contributed by atoms with Crippen LogP contribution in [0, 0.1) is 5.92 Å². The number of halogens is 1. The molecule has 6 nitrogen and oxygen atoms in total. The van der Waals surface area contributed by atoms with Gasteiger partial charge in [-0.1, -0.05) is 11.6 Å². The molecule has 2 saturated heterocycles. The van der Waals surface area contributed by atoms with E-state index >= 15 is 0 Å². The van der Waals surface area contributed by atoms with Crippen LogP contribution in [0.4, 0.5) is 10.5 Å². The Morgan fingerprint density at radius 3 is 2.68 bits per heavy atom. The van der Waals surface area contributed by atoms with E-state index in [9.17, 15) is 9.59 Å². The van der Waals surface area contributed by atoms with Crippen LogP contribution >= 0.6 is 11.6 Å². The maximum Gasteiger partial charge on any atom is 0.322 e. The first-order valence-electron chi connectivity index (χ1n) is 7.25. The van der Waals surface area contributed by atoms with Crippen LogP contribution in [0.3, 0.4) is 0 Å². The lowest BCUT2D eigenvalue weighted by Crippen LogP contribution is -2.49. The number of carbonyl (C=O) groups excluding carboxylic acids is 2. The van der Waals surface area contributed by atoms with Gasteiger partial charge in [-0.05, 0) is 30.7 Å². The number of nitrogens with one attached hydrogen (secondary N) is 2. The van der Waals surface area contributed by atoms with Gasteiger partial charge in [0.1, 0.15) is 0 Å². The van der Waals surface area contributed by atoms with Gasteiger partial charge in [-0.25, -0.2) is 4.79 Å². The summed E-state index contributed by atoms with van der Waals surface area (Å²) in [5.41, 5.74) is 0.691. The number of likely N-dealkylation sites (tertiary alicyclic amines) is 1. The number of urea groups is 1. The Kier molecular flexibility index (Phi) is 4.22. The van der Waals surface area contributed by atoms with E-state index in [4.69, 9.17) is 16.3 Å². The van der Waals surface area contributed by atoms with Crippen molar-refractivity contribution in [2.24, 2.45) is 5.92 Å². The van der Waals surface area contributed by atoms with Crippen LogP contribution in [-0.4, -0.2) is 49.2 Å². The molecule has 3 atom stereocenters. The lowest BCUT2D eigenvalue weighted by atomic mass is 10.00. The van der Waals surface area contributed by atoms with Crippen molar-refractivity contribution in [1.82, 2.24) is 10.2 Å². The topological polar surface area (TPSA) is 70.7 Å².